The molecule has 0 aromatic rings. The Kier molecular flexibility index (Phi) is 4.60. The van der Waals surface area contributed by atoms with Gasteiger partial charge in [0.15, 0.2) is 0 Å². The van der Waals surface area contributed by atoms with Crippen molar-refractivity contribution in [3.8, 4) is 0 Å². The van der Waals surface area contributed by atoms with Crippen LogP contribution in [0.2, 0.25) is 0 Å². The molecule has 0 heterocycles. The number of hydrogen-bond acceptors (Lipinski definition) is 3. The van der Waals surface area contributed by atoms with Crippen LogP contribution in [0.5, 0.6) is 0 Å². The van der Waals surface area contributed by atoms with Crippen molar-refractivity contribution in [3.63, 3.8) is 0 Å². The van der Waals surface area contributed by atoms with E-state index in [1.807, 2.05) is 13.8 Å². The van der Waals surface area contributed by atoms with Gasteiger partial charge in [-0.15, -0.1) is 0 Å². The molecule has 10 heavy (non-hydrogen) atoms. The minimum Gasteiger partial charge on any atom is -0.330 e. The van der Waals surface area contributed by atoms with Crippen molar-refractivity contribution in [2.75, 3.05) is 6.54 Å². The van der Waals surface area contributed by atoms with Gasteiger partial charge in [0.05, 0.1) is 0 Å². The standard InChI is InChI=1S/C7H19N3/c1-3-6(9)7(10)5(2)4-8/h5-7H,3-4,8-10H2,1-2H3. The largest absolute Gasteiger partial charge is 0.330 e. The van der Waals surface area contributed by atoms with E-state index in [-0.39, 0.29) is 12.1 Å². The summed E-state index contributed by atoms with van der Waals surface area (Å²) in [5.41, 5.74) is 16.9. The summed E-state index contributed by atoms with van der Waals surface area (Å²) in [5, 5.41) is 0. The quantitative estimate of drug-likeness (QED) is 0.506. The topological polar surface area (TPSA) is 78.1 Å². The first-order valence-corrected chi connectivity index (χ1v) is 3.84. The van der Waals surface area contributed by atoms with Crippen LogP contribution >= 0.6 is 0 Å². The number of nitrogens with two attached hydrogens (primary N) is 3. The molecule has 0 fully saturated rings. The van der Waals surface area contributed by atoms with Crippen molar-refractivity contribution in [2.45, 2.75) is 32.4 Å². The van der Waals surface area contributed by atoms with Crippen molar-refractivity contribution in [2.24, 2.45) is 23.1 Å². The van der Waals surface area contributed by atoms with Crippen LogP contribution in [-0.2, 0) is 0 Å². The van der Waals surface area contributed by atoms with E-state index < -0.39 is 0 Å². The number of rotatable bonds is 4. The molecule has 0 aliphatic rings. The van der Waals surface area contributed by atoms with Gasteiger partial charge < -0.3 is 17.2 Å². The van der Waals surface area contributed by atoms with Crippen molar-refractivity contribution >= 4 is 0 Å². The fraction of sp³-hybridized carbons (Fsp3) is 1.00. The molecule has 6 N–H and O–H groups in total. The molecule has 0 spiro atoms. The van der Waals surface area contributed by atoms with E-state index in [9.17, 15) is 0 Å². The maximum atomic E-state index is 5.78. The average molecular weight is 145 g/mol. The minimum absolute atomic E-state index is 0.0509. The number of hydrogen-bond donors (Lipinski definition) is 3. The average Bonchev–Trinajstić information content (AvgIpc) is 2.00. The van der Waals surface area contributed by atoms with Crippen molar-refractivity contribution in [1.29, 1.82) is 0 Å². The highest BCUT2D eigenvalue weighted by molar-refractivity contribution is 4.79. The Bertz CT molecular complexity index is 74.9. The van der Waals surface area contributed by atoms with Crippen molar-refractivity contribution in [1.82, 2.24) is 0 Å². The van der Waals surface area contributed by atoms with Gasteiger partial charge >= 0.3 is 0 Å². The molecule has 62 valence electrons. The zero-order valence-electron chi connectivity index (χ0n) is 6.88. The highest BCUT2D eigenvalue weighted by Gasteiger charge is 2.16. The summed E-state index contributed by atoms with van der Waals surface area (Å²) in [6.45, 7) is 4.68. The molecule has 0 saturated heterocycles. The molecule has 3 nitrogen and oxygen atoms in total. The molecule has 0 saturated carbocycles. The minimum atomic E-state index is 0.0509. The SMILES string of the molecule is CCC(N)C(N)C(C)CN. The Labute approximate surface area is 62.9 Å². The summed E-state index contributed by atoms with van der Waals surface area (Å²) >= 11 is 0. The van der Waals surface area contributed by atoms with Gasteiger partial charge in [-0.3, -0.25) is 0 Å². The lowest BCUT2D eigenvalue weighted by molar-refractivity contribution is 0.390. The molecule has 0 aromatic heterocycles. The van der Waals surface area contributed by atoms with Crippen LogP contribution in [0, 0.1) is 5.92 Å². The zero-order chi connectivity index (χ0) is 8.15. The molecular weight excluding hydrogens is 126 g/mol. The normalized spacial score (nSPS) is 20.1. The monoisotopic (exact) mass is 145 g/mol. The lowest BCUT2D eigenvalue weighted by atomic mass is 9.95. The van der Waals surface area contributed by atoms with Gasteiger partial charge in [0.25, 0.3) is 0 Å². The molecule has 0 aliphatic heterocycles. The second-order valence-corrected chi connectivity index (χ2v) is 2.86. The van der Waals surface area contributed by atoms with Gasteiger partial charge in [-0.1, -0.05) is 13.8 Å². The van der Waals surface area contributed by atoms with E-state index in [1.165, 1.54) is 0 Å². The maximum Gasteiger partial charge on any atom is 0.0230 e. The summed E-state index contributed by atoms with van der Waals surface area (Å²) in [5.74, 6) is 0.329. The van der Waals surface area contributed by atoms with Gasteiger partial charge in [0, 0.05) is 12.1 Å². The molecular formula is C7H19N3. The molecule has 3 heteroatoms. The Morgan fingerprint density at radius 3 is 2.10 bits per heavy atom. The predicted molar refractivity (Wildman–Crippen MR) is 44.5 cm³/mol. The first-order chi connectivity index (χ1) is 4.63. The van der Waals surface area contributed by atoms with Crippen LogP contribution in [0.4, 0.5) is 0 Å². The van der Waals surface area contributed by atoms with Crippen molar-refractivity contribution in [3.05, 3.63) is 0 Å². The van der Waals surface area contributed by atoms with Gasteiger partial charge in [0.2, 0.25) is 0 Å². The summed E-state index contributed by atoms with van der Waals surface area (Å²) in [4.78, 5) is 0. The predicted octanol–water partition coefficient (Wildman–Crippen LogP) is -0.354. The summed E-state index contributed by atoms with van der Waals surface area (Å²) in [6, 6.07) is 0.147. The highest BCUT2D eigenvalue weighted by atomic mass is 14.8. The Morgan fingerprint density at radius 2 is 1.80 bits per heavy atom. The lowest BCUT2D eigenvalue weighted by Crippen LogP contribution is -2.47. The molecule has 0 rings (SSSR count). The molecule has 0 aromatic carbocycles. The Hall–Kier alpha value is -0.120. The van der Waals surface area contributed by atoms with E-state index in [0.29, 0.717) is 12.5 Å². The lowest BCUT2D eigenvalue weighted by Gasteiger charge is -2.23. The summed E-state index contributed by atoms with van der Waals surface area (Å²) in [6.07, 6.45) is 0.922. The second-order valence-electron chi connectivity index (χ2n) is 2.86. The highest BCUT2D eigenvalue weighted by Crippen LogP contribution is 2.03. The summed E-state index contributed by atoms with van der Waals surface area (Å²) in [7, 11) is 0. The van der Waals surface area contributed by atoms with Crippen LogP contribution in [0.25, 0.3) is 0 Å². The van der Waals surface area contributed by atoms with E-state index in [1.54, 1.807) is 0 Å². The fourth-order valence-electron chi connectivity index (χ4n) is 0.851. The molecule has 3 atom stereocenters. The molecule has 3 unspecified atom stereocenters. The van der Waals surface area contributed by atoms with Gasteiger partial charge in [-0.05, 0) is 18.9 Å². The third-order valence-corrected chi connectivity index (χ3v) is 1.99. The zero-order valence-corrected chi connectivity index (χ0v) is 6.88. The van der Waals surface area contributed by atoms with Gasteiger partial charge in [-0.2, -0.15) is 0 Å². The maximum absolute atomic E-state index is 5.78. The van der Waals surface area contributed by atoms with E-state index >= 15 is 0 Å². The van der Waals surface area contributed by atoms with E-state index in [4.69, 9.17) is 17.2 Å². The first kappa shape index (κ1) is 9.88. The van der Waals surface area contributed by atoms with Gasteiger partial charge in [0.1, 0.15) is 0 Å². The molecule has 0 aliphatic carbocycles. The summed E-state index contributed by atoms with van der Waals surface area (Å²) < 4.78 is 0. The molecule has 0 amide bonds. The van der Waals surface area contributed by atoms with Crippen molar-refractivity contribution < 1.29 is 0 Å². The fourth-order valence-corrected chi connectivity index (χ4v) is 0.851. The Morgan fingerprint density at radius 1 is 1.30 bits per heavy atom. The third-order valence-electron chi connectivity index (χ3n) is 1.99. The Balaban J connectivity index is 3.69. The second kappa shape index (κ2) is 4.66. The first-order valence-electron chi connectivity index (χ1n) is 3.84. The van der Waals surface area contributed by atoms with Gasteiger partial charge in [-0.25, -0.2) is 0 Å². The van der Waals surface area contributed by atoms with Crippen LogP contribution in [0.15, 0.2) is 0 Å². The van der Waals surface area contributed by atoms with Crippen LogP contribution in [0.3, 0.4) is 0 Å². The van der Waals surface area contributed by atoms with E-state index in [0.717, 1.165) is 6.42 Å². The third kappa shape index (κ3) is 2.64. The van der Waals surface area contributed by atoms with Crippen LogP contribution < -0.4 is 17.2 Å². The van der Waals surface area contributed by atoms with E-state index in [2.05, 4.69) is 0 Å². The molecule has 0 radical (unpaired) electrons. The van der Waals surface area contributed by atoms with Crippen LogP contribution in [-0.4, -0.2) is 18.6 Å². The van der Waals surface area contributed by atoms with Crippen LogP contribution in [0.1, 0.15) is 20.3 Å². The smallest absolute Gasteiger partial charge is 0.0230 e. The molecule has 0 bridgehead atoms.